The number of H-pyrrole nitrogens is 1. The minimum atomic E-state index is -0.208. The number of nitrogens with one attached hydrogen (secondary N) is 4. The van der Waals surface area contributed by atoms with Crippen molar-refractivity contribution < 1.29 is 4.39 Å². The van der Waals surface area contributed by atoms with Gasteiger partial charge in [-0.1, -0.05) is 0 Å². The van der Waals surface area contributed by atoms with Gasteiger partial charge in [0, 0.05) is 49.3 Å². The third kappa shape index (κ3) is 5.53. The largest absolute Gasteiger partial charge is 0.361 e. The van der Waals surface area contributed by atoms with E-state index in [-0.39, 0.29) is 11.4 Å². The number of fused-ring (bicyclic) bond motifs is 1. The maximum Gasteiger partial charge on any atom is 0.191 e. The summed E-state index contributed by atoms with van der Waals surface area (Å²) in [6.45, 7) is 8.83. The summed E-state index contributed by atoms with van der Waals surface area (Å²) in [5, 5.41) is 10.9. The lowest BCUT2D eigenvalue weighted by Gasteiger charge is -2.21. The number of benzene rings is 1. The number of guanidine groups is 1. The molecule has 1 aromatic carbocycles. The highest BCUT2D eigenvalue weighted by molar-refractivity contribution is 5.83. The third-order valence-electron chi connectivity index (χ3n) is 3.71. The molecule has 4 N–H and O–H groups in total. The van der Waals surface area contributed by atoms with Crippen molar-refractivity contribution in [3.8, 4) is 0 Å². The standard InChI is InChI=1S/C18H28FN5/c1-18(2,3)24-10-9-22-17(20-4)21-8-7-13-12-23-16-6-5-14(19)11-15(13)16/h5-6,11-12,23-24H,7-10H2,1-4H3,(H2,20,21,22). The van der Waals surface area contributed by atoms with Crippen LogP contribution in [0, 0.1) is 5.82 Å². The Morgan fingerprint density at radius 2 is 1.92 bits per heavy atom. The minimum Gasteiger partial charge on any atom is -0.361 e. The maximum atomic E-state index is 13.4. The van der Waals surface area contributed by atoms with Gasteiger partial charge in [0.25, 0.3) is 0 Å². The Hall–Kier alpha value is -2.08. The highest BCUT2D eigenvalue weighted by Gasteiger charge is 2.08. The topological polar surface area (TPSA) is 64.2 Å². The zero-order chi connectivity index (χ0) is 17.6. The summed E-state index contributed by atoms with van der Waals surface area (Å²) >= 11 is 0. The van der Waals surface area contributed by atoms with E-state index in [9.17, 15) is 4.39 Å². The fourth-order valence-electron chi connectivity index (χ4n) is 2.51. The van der Waals surface area contributed by atoms with Crippen LogP contribution in [-0.4, -0.2) is 43.2 Å². The van der Waals surface area contributed by atoms with Crippen molar-refractivity contribution in [1.29, 1.82) is 0 Å². The summed E-state index contributed by atoms with van der Waals surface area (Å²) in [5.41, 5.74) is 2.17. The van der Waals surface area contributed by atoms with Gasteiger partial charge in [0.15, 0.2) is 5.96 Å². The number of hydrogen-bond donors (Lipinski definition) is 4. The molecule has 1 heterocycles. The van der Waals surface area contributed by atoms with Crippen LogP contribution < -0.4 is 16.0 Å². The van der Waals surface area contributed by atoms with E-state index >= 15 is 0 Å². The van der Waals surface area contributed by atoms with Crippen molar-refractivity contribution in [3.63, 3.8) is 0 Å². The summed E-state index contributed by atoms with van der Waals surface area (Å²) in [6, 6.07) is 4.81. The SMILES string of the molecule is CN=C(NCCNC(C)(C)C)NCCc1c[nH]c2ccc(F)cc12. The van der Waals surface area contributed by atoms with Crippen LogP contribution >= 0.6 is 0 Å². The Labute approximate surface area is 143 Å². The van der Waals surface area contributed by atoms with E-state index in [2.05, 4.69) is 46.7 Å². The van der Waals surface area contributed by atoms with Gasteiger partial charge < -0.3 is 20.9 Å². The van der Waals surface area contributed by atoms with Crippen molar-refractivity contribution in [2.45, 2.75) is 32.7 Å². The van der Waals surface area contributed by atoms with E-state index in [4.69, 9.17) is 0 Å². The highest BCUT2D eigenvalue weighted by Crippen LogP contribution is 2.19. The summed E-state index contributed by atoms with van der Waals surface area (Å²) in [7, 11) is 1.76. The first-order valence-electron chi connectivity index (χ1n) is 8.34. The molecule has 0 aliphatic carbocycles. The van der Waals surface area contributed by atoms with Crippen molar-refractivity contribution in [3.05, 3.63) is 35.8 Å². The predicted molar refractivity (Wildman–Crippen MR) is 99.1 cm³/mol. The van der Waals surface area contributed by atoms with Crippen molar-refractivity contribution in [2.24, 2.45) is 4.99 Å². The van der Waals surface area contributed by atoms with E-state index < -0.39 is 0 Å². The number of aliphatic imine (C=N–C) groups is 1. The molecule has 0 saturated heterocycles. The number of nitrogens with zero attached hydrogens (tertiary/aromatic N) is 1. The molecule has 6 heteroatoms. The first kappa shape index (κ1) is 18.3. The molecule has 0 bridgehead atoms. The normalized spacial score (nSPS) is 12.6. The lowest BCUT2D eigenvalue weighted by Crippen LogP contribution is -2.44. The van der Waals surface area contributed by atoms with Gasteiger partial charge >= 0.3 is 0 Å². The lowest BCUT2D eigenvalue weighted by atomic mass is 10.1. The van der Waals surface area contributed by atoms with Gasteiger partial charge in [0.05, 0.1) is 0 Å². The molecule has 0 aliphatic rings. The van der Waals surface area contributed by atoms with Gasteiger partial charge in [-0.25, -0.2) is 4.39 Å². The number of aromatic nitrogens is 1. The monoisotopic (exact) mass is 333 g/mol. The molecule has 1 aromatic heterocycles. The van der Waals surface area contributed by atoms with Gasteiger partial charge in [-0.15, -0.1) is 0 Å². The fourth-order valence-corrected chi connectivity index (χ4v) is 2.51. The van der Waals surface area contributed by atoms with E-state index in [0.29, 0.717) is 0 Å². The first-order valence-corrected chi connectivity index (χ1v) is 8.34. The van der Waals surface area contributed by atoms with Crippen LogP contribution in [0.25, 0.3) is 10.9 Å². The fraction of sp³-hybridized carbons (Fsp3) is 0.500. The van der Waals surface area contributed by atoms with Crippen LogP contribution in [0.3, 0.4) is 0 Å². The second kappa shape index (κ2) is 8.15. The highest BCUT2D eigenvalue weighted by atomic mass is 19.1. The maximum absolute atomic E-state index is 13.4. The predicted octanol–water partition coefficient (Wildman–Crippen LogP) is 2.40. The quantitative estimate of drug-likeness (QED) is 0.373. The Kier molecular flexibility index (Phi) is 6.20. The van der Waals surface area contributed by atoms with E-state index in [0.717, 1.165) is 48.5 Å². The van der Waals surface area contributed by atoms with Crippen LogP contribution in [0.15, 0.2) is 29.4 Å². The van der Waals surface area contributed by atoms with E-state index in [1.165, 1.54) is 6.07 Å². The molecule has 132 valence electrons. The molecule has 2 rings (SSSR count). The molecule has 0 atom stereocenters. The van der Waals surface area contributed by atoms with Crippen LogP contribution in [0.2, 0.25) is 0 Å². The zero-order valence-corrected chi connectivity index (χ0v) is 15.0. The summed E-state index contributed by atoms with van der Waals surface area (Å²) < 4.78 is 13.4. The Morgan fingerprint density at radius 1 is 1.17 bits per heavy atom. The van der Waals surface area contributed by atoms with Crippen LogP contribution in [-0.2, 0) is 6.42 Å². The van der Waals surface area contributed by atoms with Gasteiger partial charge in [0.1, 0.15) is 5.82 Å². The molecule has 0 spiro atoms. The second-order valence-corrected chi connectivity index (χ2v) is 6.86. The third-order valence-corrected chi connectivity index (χ3v) is 3.71. The molecule has 5 nitrogen and oxygen atoms in total. The van der Waals surface area contributed by atoms with Crippen molar-refractivity contribution in [2.75, 3.05) is 26.7 Å². The van der Waals surface area contributed by atoms with Crippen molar-refractivity contribution in [1.82, 2.24) is 20.9 Å². The molecule has 0 radical (unpaired) electrons. The Bertz CT molecular complexity index is 684. The molecule has 0 saturated carbocycles. The molecular formula is C18H28FN5. The molecular weight excluding hydrogens is 305 g/mol. The minimum absolute atomic E-state index is 0.114. The summed E-state index contributed by atoms with van der Waals surface area (Å²) in [5.74, 6) is 0.567. The molecule has 0 unspecified atom stereocenters. The van der Waals surface area contributed by atoms with Crippen LogP contribution in [0.4, 0.5) is 4.39 Å². The smallest absolute Gasteiger partial charge is 0.191 e. The Morgan fingerprint density at radius 3 is 2.62 bits per heavy atom. The zero-order valence-electron chi connectivity index (χ0n) is 15.0. The average Bonchev–Trinajstić information content (AvgIpc) is 2.91. The number of halogens is 1. The van der Waals surface area contributed by atoms with Crippen molar-refractivity contribution >= 4 is 16.9 Å². The molecule has 0 fully saturated rings. The van der Waals surface area contributed by atoms with Gasteiger partial charge in [0.2, 0.25) is 0 Å². The van der Waals surface area contributed by atoms with E-state index in [1.54, 1.807) is 19.2 Å². The summed E-state index contributed by atoms with van der Waals surface area (Å²) in [4.78, 5) is 7.39. The van der Waals surface area contributed by atoms with Gasteiger partial charge in [-0.3, -0.25) is 4.99 Å². The van der Waals surface area contributed by atoms with Crippen LogP contribution in [0.1, 0.15) is 26.3 Å². The van der Waals surface area contributed by atoms with Crippen LogP contribution in [0.5, 0.6) is 0 Å². The number of aromatic amines is 1. The first-order chi connectivity index (χ1) is 11.4. The number of hydrogen-bond acceptors (Lipinski definition) is 2. The van der Waals surface area contributed by atoms with Gasteiger partial charge in [-0.05, 0) is 51.0 Å². The lowest BCUT2D eigenvalue weighted by molar-refractivity contribution is 0.428. The van der Waals surface area contributed by atoms with Gasteiger partial charge in [-0.2, -0.15) is 0 Å². The Balaban J connectivity index is 1.78. The molecule has 0 amide bonds. The molecule has 0 aliphatic heterocycles. The average molecular weight is 333 g/mol. The summed E-state index contributed by atoms with van der Waals surface area (Å²) in [6.07, 6.45) is 2.74. The van der Waals surface area contributed by atoms with E-state index in [1.807, 2.05) is 6.20 Å². The molecule has 2 aromatic rings. The molecule has 24 heavy (non-hydrogen) atoms. The second-order valence-electron chi connectivity index (χ2n) is 6.86. The number of rotatable bonds is 6.